The Morgan fingerprint density at radius 1 is 1.24 bits per heavy atom. The number of anilines is 1. The zero-order valence-electron chi connectivity index (χ0n) is 12.2. The number of halogens is 1. The van der Waals surface area contributed by atoms with Crippen LogP contribution in [0.3, 0.4) is 0 Å². The van der Waals surface area contributed by atoms with E-state index in [0.29, 0.717) is 11.1 Å². The van der Waals surface area contributed by atoms with Crippen molar-refractivity contribution in [3.05, 3.63) is 46.1 Å². The molecule has 6 heteroatoms. The summed E-state index contributed by atoms with van der Waals surface area (Å²) in [6.45, 7) is 6.19. The van der Waals surface area contributed by atoms with Crippen LogP contribution < -0.4 is 5.43 Å². The van der Waals surface area contributed by atoms with Gasteiger partial charge in [0.25, 0.3) is 0 Å². The molecule has 4 nitrogen and oxygen atoms in total. The summed E-state index contributed by atoms with van der Waals surface area (Å²) in [5.41, 5.74) is 4.90. The van der Waals surface area contributed by atoms with Gasteiger partial charge >= 0.3 is 0 Å². The zero-order valence-corrected chi connectivity index (χ0v) is 14.6. The van der Waals surface area contributed by atoms with Crippen LogP contribution >= 0.6 is 27.7 Å². The number of hydrazone groups is 1. The van der Waals surface area contributed by atoms with Gasteiger partial charge in [-0.25, -0.2) is 9.97 Å². The second kappa shape index (κ2) is 7.56. The van der Waals surface area contributed by atoms with Crippen molar-refractivity contribution in [3.63, 3.8) is 0 Å². The molecule has 0 amide bonds. The van der Waals surface area contributed by atoms with Gasteiger partial charge in [0.05, 0.1) is 6.21 Å². The van der Waals surface area contributed by atoms with Gasteiger partial charge in [0.2, 0.25) is 0 Å². The standard InChI is InChI=1S/C15H17BrN4S/c1-10(2)21-15-18-11(3)8-14(19-15)20-17-9-12-4-6-13(16)7-5-12/h4-10H,1-3H3,(H,18,19,20)/b17-9+. The summed E-state index contributed by atoms with van der Waals surface area (Å²) in [6.07, 6.45) is 1.76. The molecule has 0 fully saturated rings. The highest BCUT2D eigenvalue weighted by molar-refractivity contribution is 9.10. The Kier molecular flexibility index (Phi) is 5.76. The molecule has 1 aromatic carbocycles. The lowest BCUT2D eigenvalue weighted by molar-refractivity contribution is 0.922. The van der Waals surface area contributed by atoms with E-state index in [0.717, 1.165) is 20.9 Å². The van der Waals surface area contributed by atoms with E-state index in [1.807, 2.05) is 37.3 Å². The molecule has 110 valence electrons. The average molecular weight is 365 g/mol. The fourth-order valence-electron chi connectivity index (χ4n) is 1.58. The lowest BCUT2D eigenvalue weighted by Gasteiger charge is -2.06. The molecule has 2 aromatic rings. The number of benzene rings is 1. The summed E-state index contributed by atoms with van der Waals surface area (Å²) in [5, 5.41) is 5.43. The molecule has 1 aromatic heterocycles. The highest BCUT2D eigenvalue weighted by Gasteiger charge is 2.04. The normalized spacial score (nSPS) is 11.3. The van der Waals surface area contributed by atoms with E-state index >= 15 is 0 Å². The zero-order chi connectivity index (χ0) is 15.2. The molecule has 0 bridgehead atoms. The molecule has 0 aliphatic heterocycles. The smallest absolute Gasteiger partial charge is 0.190 e. The van der Waals surface area contributed by atoms with Gasteiger partial charge in [-0.05, 0) is 24.6 Å². The van der Waals surface area contributed by atoms with Crippen LogP contribution in [0.15, 0.2) is 45.1 Å². The summed E-state index contributed by atoms with van der Waals surface area (Å²) < 4.78 is 1.05. The highest BCUT2D eigenvalue weighted by atomic mass is 79.9. The van der Waals surface area contributed by atoms with E-state index in [1.165, 1.54) is 0 Å². The van der Waals surface area contributed by atoms with Crippen LogP contribution in [0.2, 0.25) is 0 Å². The van der Waals surface area contributed by atoms with E-state index in [1.54, 1.807) is 18.0 Å². The van der Waals surface area contributed by atoms with Crippen molar-refractivity contribution in [1.82, 2.24) is 9.97 Å². The third kappa shape index (κ3) is 5.47. The maximum absolute atomic E-state index is 4.44. The van der Waals surface area contributed by atoms with Crippen LogP contribution in [-0.2, 0) is 0 Å². The molecule has 0 radical (unpaired) electrons. The lowest BCUT2D eigenvalue weighted by atomic mass is 10.2. The Morgan fingerprint density at radius 3 is 2.62 bits per heavy atom. The van der Waals surface area contributed by atoms with E-state index in [9.17, 15) is 0 Å². The molecule has 21 heavy (non-hydrogen) atoms. The predicted molar refractivity (Wildman–Crippen MR) is 93.1 cm³/mol. The monoisotopic (exact) mass is 364 g/mol. The average Bonchev–Trinajstić information content (AvgIpc) is 2.39. The van der Waals surface area contributed by atoms with Crippen molar-refractivity contribution in [3.8, 4) is 0 Å². The molecule has 0 saturated carbocycles. The van der Waals surface area contributed by atoms with Crippen LogP contribution in [0.1, 0.15) is 25.1 Å². The quantitative estimate of drug-likeness (QED) is 0.367. The summed E-state index contributed by atoms with van der Waals surface area (Å²) >= 11 is 5.05. The SMILES string of the molecule is Cc1cc(N/N=C/c2ccc(Br)cc2)nc(SC(C)C)n1. The van der Waals surface area contributed by atoms with Crippen molar-refractivity contribution < 1.29 is 0 Å². The van der Waals surface area contributed by atoms with Crippen molar-refractivity contribution in [2.24, 2.45) is 5.10 Å². The van der Waals surface area contributed by atoms with E-state index < -0.39 is 0 Å². The van der Waals surface area contributed by atoms with Crippen molar-refractivity contribution in [1.29, 1.82) is 0 Å². The summed E-state index contributed by atoms with van der Waals surface area (Å²) in [4.78, 5) is 8.84. The molecular weight excluding hydrogens is 348 g/mol. The van der Waals surface area contributed by atoms with Crippen LogP contribution in [-0.4, -0.2) is 21.4 Å². The molecule has 0 aliphatic carbocycles. The molecule has 2 rings (SSSR count). The predicted octanol–water partition coefficient (Wildman–Crippen LogP) is 4.49. The van der Waals surface area contributed by atoms with Crippen LogP contribution in [0.4, 0.5) is 5.82 Å². The molecule has 1 heterocycles. The van der Waals surface area contributed by atoms with Gasteiger partial charge in [-0.1, -0.05) is 53.7 Å². The van der Waals surface area contributed by atoms with E-state index in [4.69, 9.17) is 0 Å². The van der Waals surface area contributed by atoms with Crippen LogP contribution in [0, 0.1) is 6.92 Å². The molecule has 0 aliphatic rings. The summed E-state index contributed by atoms with van der Waals surface area (Å²) in [6, 6.07) is 9.81. The number of hydrogen-bond acceptors (Lipinski definition) is 5. The topological polar surface area (TPSA) is 50.2 Å². The van der Waals surface area contributed by atoms with E-state index in [2.05, 4.69) is 50.3 Å². The van der Waals surface area contributed by atoms with Gasteiger partial charge in [0, 0.05) is 21.5 Å². The van der Waals surface area contributed by atoms with Gasteiger partial charge in [-0.15, -0.1) is 0 Å². The number of thioether (sulfide) groups is 1. The number of rotatable bonds is 5. The molecule has 0 atom stereocenters. The van der Waals surface area contributed by atoms with Crippen LogP contribution in [0.25, 0.3) is 0 Å². The minimum atomic E-state index is 0.450. The van der Waals surface area contributed by atoms with Gasteiger partial charge in [-0.2, -0.15) is 5.10 Å². The number of aryl methyl sites for hydroxylation is 1. The minimum absolute atomic E-state index is 0.450. The van der Waals surface area contributed by atoms with Gasteiger partial charge in [0.1, 0.15) is 0 Å². The fraction of sp³-hybridized carbons (Fsp3) is 0.267. The van der Waals surface area contributed by atoms with Gasteiger partial charge in [0.15, 0.2) is 11.0 Å². The summed E-state index contributed by atoms with van der Waals surface area (Å²) in [7, 11) is 0. The highest BCUT2D eigenvalue weighted by Crippen LogP contribution is 2.20. The Bertz CT molecular complexity index is 626. The third-order valence-corrected chi connectivity index (χ3v) is 3.83. The number of nitrogens with one attached hydrogen (secondary N) is 1. The summed E-state index contributed by atoms with van der Waals surface area (Å²) in [5.74, 6) is 0.707. The van der Waals surface area contributed by atoms with E-state index in [-0.39, 0.29) is 0 Å². The number of aromatic nitrogens is 2. The number of nitrogens with zero attached hydrogens (tertiary/aromatic N) is 3. The third-order valence-electron chi connectivity index (χ3n) is 2.44. The maximum Gasteiger partial charge on any atom is 0.190 e. The largest absolute Gasteiger partial charge is 0.261 e. The first-order chi connectivity index (χ1) is 10.0. The lowest BCUT2D eigenvalue weighted by Crippen LogP contribution is -2.00. The van der Waals surface area contributed by atoms with Crippen LogP contribution in [0.5, 0.6) is 0 Å². The molecule has 1 N–H and O–H groups in total. The first-order valence-electron chi connectivity index (χ1n) is 6.60. The van der Waals surface area contributed by atoms with Gasteiger partial charge in [-0.3, -0.25) is 5.43 Å². The van der Waals surface area contributed by atoms with Crippen molar-refractivity contribution >= 4 is 39.7 Å². The second-order valence-electron chi connectivity index (χ2n) is 4.77. The van der Waals surface area contributed by atoms with Crippen molar-refractivity contribution in [2.45, 2.75) is 31.2 Å². The first kappa shape index (κ1) is 16.0. The van der Waals surface area contributed by atoms with Gasteiger partial charge < -0.3 is 0 Å². The molecule has 0 unspecified atom stereocenters. The molecule has 0 saturated heterocycles. The second-order valence-corrected chi connectivity index (χ2v) is 7.22. The van der Waals surface area contributed by atoms with Crippen molar-refractivity contribution in [2.75, 3.05) is 5.43 Å². The first-order valence-corrected chi connectivity index (χ1v) is 8.27. The number of hydrogen-bond donors (Lipinski definition) is 1. The Labute approximate surface area is 137 Å². The molecular formula is C15H17BrN4S. The Balaban J connectivity index is 2.05. The Morgan fingerprint density at radius 2 is 1.95 bits per heavy atom. The maximum atomic E-state index is 4.44. The fourth-order valence-corrected chi connectivity index (χ4v) is 2.62. The Hall–Kier alpha value is -1.40. The molecule has 0 spiro atoms. The minimum Gasteiger partial charge on any atom is -0.261 e.